The van der Waals surface area contributed by atoms with Crippen LogP contribution in [0.15, 0.2) is 24.5 Å². The molecule has 0 radical (unpaired) electrons. The zero-order valence-electron chi connectivity index (χ0n) is 14.2. The number of pyridine rings is 1. The SMILES string of the molecule is Cc1nc(C)c(CC(=O)N2CCc3nc(-c4cccnc4)[nH]c3C2)s1. The average molecular weight is 353 g/mol. The van der Waals surface area contributed by atoms with Crippen molar-refractivity contribution >= 4 is 17.2 Å². The van der Waals surface area contributed by atoms with Crippen LogP contribution in [0.5, 0.6) is 0 Å². The molecule has 3 aromatic rings. The monoisotopic (exact) mass is 353 g/mol. The van der Waals surface area contributed by atoms with Crippen LogP contribution < -0.4 is 0 Å². The normalized spacial score (nSPS) is 13.8. The molecule has 0 spiro atoms. The molecular formula is C18H19N5OS. The second-order valence-electron chi connectivity index (χ2n) is 6.24. The maximum atomic E-state index is 12.7. The van der Waals surface area contributed by atoms with Gasteiger partial charge in [-0.2, -0.15) is 0 Å². The summed E-state index contributed by atoms with van der Waals surface area (Å²) in [5.74, 6) is 0.969. The van der Waals surface area contributed by atoms with E-state index in [1.807, 2.05) is 30.9 Å². The molecule has 1 aliphatic rings. The Morgan fingerprint density at radius 3 is 2.96 bits per heavy atom. The van der Waals surface area contributed by atoms with Gasteiger partial charge in [-0.15, -0.1) is 11.3 Å². The number of thiazole rings is 1. The van der Waals surface area contributed by atoms with Gasteiger partial charge in [0.25, 0.3) is 0 Å². The second kappa shape index (κ2) is 6.40. The van der Waals surface area contributed by atoms with Crippen molar-refractivity contribution in [2.45, 2.75) is 33.2 Å². The van der Waals surface area contributed by atoms with Crippen molar-refractivity contribution in [3.8, 4) is 11.4 Å². The van der Waals surface area contributed by atoms with Gasteiger partial charge in [0, 0.05) is 35.8 Å². The Hall–Kier alpha value is -2.54. The first kappa shape index (κ1) is 16.0. The summed E-state index contributed by atoms with van der Waals surface area (Å²) >= 11 is 1.61. The average Bonchev–Trinajstić information content (AvgIpc) is 3.17. The lowest BCUT2D eigenvalue weighted by Crippen LogP contribution is -2.37. The minimum absolute atomic E-state index is 0.148. The lowest BCUT2D eigenvalue weighted by molar-refractivity contribution is -0.131. The van der Waals surface area contributed by atoms with E-state index in [1.165, 1.54) is 0 Å². The van der Waals surface area contributed by atoms with Crippen molar-refractivity contribution in [1.82, 2.24) is 24.8 Å². The molecule has 0 bridgehead atoms. The zero-order valence-corrected chi connectivity index (χ0v) is 15.1. The maximum absolute atomic E-state index is 12.7. The number of carbonyl (C=O) groups excluding carboxylic acids is 1. The van der Waals surface area contributed by atoms with Crippen molar-refractivity contribution in [1.29, 1.82) is 0 Å². The Labute approximate surface area is 150 Å². The number of aryl methyl sites for hydroxylation is 2. The van der Waals surface area contributed by atoms with Crippen LogP contribution in [0.25, 0.3) is 11.4 Å². The Morgan fingerprint density at radius 1 is 1.36 bits per heavy atom. The largest absolute Gasteiger partial charge is 0.340 e. The van der Waals surface area contributed by atoms with Crippen molar-refractivity contribution in [3.05, 3.63) is 51.5 Å². The number of nitrogens with one attached hydrogen (secondary N) is 1. The first-order chi connectivity index (χ1) is 12.1. The van der Waals surface area contributed by atoms with Crippen LogP contribution in [-0.2, 0) is 24.2 Å². The van der Waals surface area contributed by atoms with Crippen LogP contribution in [0.4, 0.5) is 0 Å². The quantitative estimate of drug-likeness (QED) is 0.785. The number of fused-ring (bicyclic) bond motifs is 1. The molecule has 1 amide bonds. The summed E-state index contributed by atoms with van der Waals surface area (Å²) in [4.78, 5) is 32.2. The van der Waals surface area contributed by atoms with Crippen LogP contribution in [-0.4, -0.2) is 37.3 Å². The minimum atomic E-state index is 0.148. The standard InChI is InChI=1S/C18H19N5OS/c1-11-16(25-12(2)20-11)8-17(24)23-7-5-14-15(10-23)22-18(21-14)13-4-3-6-19-9-13/h3-4,6,9H,5,7-8,10H2,1-2H3,(H,21,22). The fraction of sp³-hybridized carbons (Fsp3) is 0.333. The summed E-state index contributed by atoms with van der Waals surface area (Å²) in [6.07, 6.45) is 4.74. The maximum Gasteiger partial charge on any atom is 0.228 e. The Morgan fingerprint density at radius 2 is 2.24 bits per heavy atom. The van der Waals surface area contributed by atoms with E-state index in [-0.39, 0.29) is 5.91 Å². The van der Waals surface area contributed by atoms with Gasteiger partial charge in [0.15, 0.2) is 0 Å². The van der Waals surface area contributed by atoms with E-state index in [4.69, 9.17) is 0 Å². The number of carbonyl (C=O) groups is 1. The molecule has 0 fully saturated rings. The van der Waals surface area contributed by atoms with E-state index in [9.17, 15) is 4.79 Å². The van der Waals surface area contributed by atoms with Crippen molar-refractivity contribution in [2.75, 3.05) is 6.54 Å². The molecule has 1 N–H and O–H groups in total. The third kappa shape index (κ3) is 3.19. The van der Waals surface area contributed by atoms with E-state index >= 15 is 0 Å². The van der Waals surface area contributed by atoms with Gasteiger partial charge < -0.3 is 9.88 Å². The van der Waals surface area contributed by atoms with Gasteiger partial charge >= 0.3 is 0 Å². The molecule has 6 nitrogen and oxygen atoms in total. The molecular weight excluding hydrogens is 334 g/mol. The molecule has 25 heavy (non-hydrogen) atoms. The van der Waals surface area contributed by atoms with Gasteiger partial charge in [-0.05, 0) is 26.0 Å². The molecule has 7 heteroatoms. The fourth-order valence-corrected chi connectivity index (χ4v) is 4.06. The predicted molar refractivity (Wildman–Crippen MR) is 96.2 cm³/mol. The third-order valence-corrected chi connectivity index (χ3v) is 5.50. The van der Waals surface area contributed by atoms with E-state index in [1.54, 1.807) is 23.7 Å². The van der Waals surface area contributed by atoms with Gasteiger partial charge in [-0.1, -0.05) is 0 Å². The highest BCUT2D eigenvalue weighted by molar-refractivity contribution is 7.11. The van der Waals surface area contributed by atoms with Gasteiger partial charge in [-0.25, -0.2) is 9.97 Å². The summed E-state index contributed by atoms with van der Waals surface area (Å²) in [5.41, 5.74) is 4.00. The molecule has 0 aromatic carbocycles. The van der Waals surface area contributed by atoms with Gasteiger partial charge in [0.2, 0.25) is 5.91 Å². The number of imidazole rings is 1. The summed E-state index contributed by atoms with van der Waals surface area (Å²) in [6, 6.07) is 3.88. The van der Waals surface area contributed by atoms with Crippen LogP contribution in [0.2, 0.25) is 0 Å². The summed E-state index contributed by atoms with van der Waals surface area (Å²) in [6.45, 7) is 5.23. The van der Waals surface area contributed by atoms with E-state index < -0.39 is 0 Å². The Balaban J connectivity index is 1.50. The molecule has 128 valence electrons. The van der Waals surface area contributed by atoms with Crippen LogP contribution >= 0.6 is 11.3 Å². The van der Waals surface area contributed by atoms with Crippen LogP contribution in [0.3, 0.4) is 0 Å². The number of aromatic amines is 1. The molecule has 0 atom stereocenters. The summed E-state index contributed by atoms with van der Waals surface area (Å²) in [5, 5.41) is 1.01. The summed E-state index contributed by atoms with van der Waals surface area (Å²) < 4.78 is 0. The van der Waals surface area contributed by atoms with Gasteiger partial charge in [-0.3, -0.25) is 9.78 Å². The third-order valence-electron chi connectivity index (χ3n) is 4.43. The van der Waals surface area contributed by atoms with Crippen molar-refractivity contribution in [3.63, 3.8) is 0 Å². The van der Waals surface area contributed by atoms with E-state index in [0.29, 0.717) is 19.5 Å². The molecule has 4 rings (SSSR count). The Bertz CT molecular complexity index is 915. The zero-order chi connectivity index (χ0) is 17.4. The first-order valence-electron chi connectivity index (χ1n) is 8.29. The van der Waals surface area contributed by atoms with Crippen LogP contribution in [0, 0.1) is 13.8 Å². The smallest absolute Gasteiger partial charge is 0.228 e. The molecule has 0 saturated carbocycles. The fourth-order valence-electron chi connectivity index (χ4n) is 3.13. The highest BCUT2D eigenvalue weighted by atomic mass is 32.1. The number of aromatic nitrogens is 4. The van der Waals surface area contributed by atoms with Gasteiger partial charge in [0.1, 0.15) is 5.82 Å². The van der Waals surface area contributed by atoms with E-state index in [0.717, 1.165) is 44.8 Å². The molecule has 3 aromatic heterocycles. The predicted octanol–water partition coefficient (Wildman–Crippen LogP) is 2.67. The highest BCUT2D eigenvalue weighted by Gasteiger charge is 2.25. The number of rotatable bonds is 3. The summed E-state index contributed by atoms with van der Waals surface area (Å²) in [7, 11) is 0. The van der Waals surface area contributed by atoms with Crippen molar-refractivity contribution < 1.29 is 4.79 Å². The molecule has 4 heterocycles. The van der Waals surface area contributed by atoms with E-state index in [2.05, 4.69) is 19.9 Å². The molecule has 0 aliphatic carbocycles. The minimum Gasteiger partial charge on any atom is -0.340 e. The number of H-pyrrole nitrogens is 1. The molecule has 0 saturated heterocycles. The topological polar surface area (TPSA) is 74.8 Å². The second-order valence-corrected chi connectivity index (χ2v) is 7.52. The van der Waals surface area contributed by atoms with Gasteiger partial charge in [0.05, 0.1) is 35.1 Å². The first-order valence-corrected chi connectivity index (χ1v) is 9.10. The number of amides is 1. The highest BCUT2D eigenvalue weighted by Crippen LogP contribution is 2.24. The number of hydrogen-bond donors (Lipinski definition) is 1. The Kier molecular flexibility index (Phi) is 4.09. The molecule has 0 unspecified atom stereocenters. The van der Waals surface area contributed by atoms with Crippen molar-refractivity contribution in [2.24, 2.45) is 0 Å². The lowest BCUT2D eigenvalue weighted by Gasteiger charge is -2.26. The molecule has 1 aliphatic heterocycles. The number of nitrogens with zero attached hydrogens (tertiary/aromatic N) is 4. The lowest BCUT2D eigenvalue weighted by atomic mass is 10.1. The number of hydrogen-bond acceptors (Lipinski definition) is 5. The van der Waals surface area contributed by atoms with Crippen LogP contribution in [0.1, 0.15) is 27.0 Å².